The largest absolute Gasteiger partial charge is 0.341 e. The molecule has 2 heterocycles. The number of hydrogen-bond donors (Lipinski definition) is 0. The van der Waals surface area contributed by atoms with Crippen molar-refractivity contribution in [1.82, 2.24) is 9.47 Å². The Kier molecular flexibility index (Phi) is 5.30. The Labute approximate surface area is 155 Å². The molecule has 1 aromatic carbocycles. The zero-order chi connectivity index (χ0) is 18.8. The molecule has 2 unspecified atom stereocenters. The lowest BCUT2D eigenvalue weighted by Gasteiger charge is -2.35. The molecule has 2 atom stereocenters. The molecular weight excluding hydrogens is 324 g/mol. The summed E-state index contributed by atoms with van der Waals surface area (Å²) >= 11 is 0. The van der Waals surface area contributed by atoms with E-state index in [0.717, 1.165) is 30.0 Å². The molecule has 0 bridgehead atoms. The number of aromatic nitrogens is 1. The molecule has 1 aromatic heterocycles. The van der Waals surface area contributed by atoms with Crippen LogP contribution in [0.15, 0.2) is 36.4 Å². The number of carbonyl (C=O) groups excluding carboxylic acids is 2. The zero-order valence-electron chi connectivity index (χ0n) is 16.2. The summed E-state index contributed by atoms with van der Waals surface area (Å²) in [6, 6.07) is 11.9. The van der Waals surface area contributed by atoms with E-state index >= 15 is 0 Å². The van der Waals surface area contributed by atoms with Gasteiger partial charge < -0.3 is 9.47 Å². The first-order valence-electron chi connectivity index (χ1n) is 9.41. The fourth-order valence-corrected chi connectivity index (χ4v) is 4.16. The maximum absolute atomic E-state index is 13.0. The van der Waals surface area contributed by atoms with Crippen LogP contribution in [0.3, 0.4) is 0 Å². The zero-order valence-corrected chi connectivity index (χ0v) is 16.2. The summed E-state index contributed by atoms with van der Waals surface area (Å²) in [6.07, 6.45) is 1.18. The second kappa shape index (κ2) is 7.48. The van der Waals surface area contributed by atoms with Gasteiger partial charge in [0.1, 0.15) is 6.54 Å². The van der Waals surface area contributed by atoms with E-state index in [1.165, 1.54) is 6.42 Å². The van der Waals surface area contributed by atoms with Crippen molar-refractivity contribution in [3.8, 4) is 11.3 Å². The van der Waals surface area contributed by atoms with Crippen molar-refractivity contribution in [2.45, 2.75) is 40.7 Å². The van der Waals surface area contributed by atoms with Gasteiger partial charge in [-0.05, 0) is 43.7 Å². The van der Waals surface area contributed by atoms with Gasteiger partial charge in [0.05, 0.1) is 0 Å². The van der Waals surface area contributed by atoms with Gasteiger partial charge in [-0.15, -0.1) is 0 Å². The molecule has 26 heavy (non-hydrogen) atoms. The van der Waals surface area contributed by atoms with Gasteiger partial charge in [-0.2, -0.15) is 0 Å². The first-order chi connectivity index (χ1) is 12.4. The highest BCUT2D eigenvalue weighted by Crippen LogP contribution is 2.27. The van der Waals surface area contributed by atoms with Crippen molar-refractivity contribution in [3.05, 3.63) is 47.7 Å². The van der Waals surface area contributed by atoms with Gasteiger partial charge >= 0.3 is 0 Å². The number of nitrogens with zero attached hydrogens (tertiary/aromatic N) is 2. The van der Waals surface area contributed by atoms with Crippen LogP contribution in [0.4, 0.5) is 0 Å². The van der Waals surface area contributed by atoms with E-state index in [0.29, 0.717) is 17.4 Å². The van der Waals surface area contributed by atoms with E-state index in [2.05, 4.69) is 13.8 Å². The molecule has 2 aromatic rings. The van der Waals surface area contributed by atoms with Gasteiger partial charge in [0, 0.05) is 30.0 Å². The first kappa shape index (κ1) is 18.4. The van der Waals surface area contributed by atoms with Crippen LogP contribution in [0.2, 0.25) is 0 Å². The number of amides is 1. The average molecular weight is 352 g/mol. The number of benzene rings is 1. The van der Waals surface area contributed by atoms with Crippen LogP contribution in [0, 0.1) is 18.8 Å². The average Bonchev–Trinajstić information content (AvgIpc) is 2.92. The normalized spacial score (nSPS) is 20.2. The van der Waals surface area contributed by atoms with Crippen LogP contribution in [0.25, 0.3) is 11.3 Å². The van der Waals surface area contributed by atoms with Gasteiger partial charge in [0.2, 0.25) is 5.91 Å². The fraction of sp³-hybridized carbons (Fsp3) is 0.455. The van der Waals surface area contributed by atoms with Crippen LogP contribution >= 0.6 is 0 Å². The molecule has 0 spiro atoms. The molecule has 3 rings (SSSR count). The molecule has 1 aliphatic heterocycles. The van der Waals surface area contributed by atoms with Crippen molar-refractivity contribution in [2.75, 3.05) is 13.1 Å². The lowest BCUT2D eigenvalue weighted by atomic mass is 9.92. The van der Waals surface area contributed by atoms with Crippen LogP contribution in [0.1, 0.15) is 43.2 Å². The Morgan fingerprint density at radius 2 is 1.69 bits per heavy atom. The highest BCUT2D eigenvalue weighted by Gasteiger charge is 2.27. The maximum atomic E-state index is 13.0. The molecule has 1 saturated heterocycles. The summed E-state index contributed by atoms with van der Waals surface area (Å²) in [5, 5.41) is 0. The van der Waals surface area contributed by atoms with E-state index in [-0.39, 0.29) is 18.2 Å². The minimum absolute atomic E-state index is 0.0334. The lowest BCUT2D eigenvalue weighted by Crippen LogP contribution is -2.44. The summed E-state index contributed by atoms with van der Waals surface area (Å²) in [5.74, 6) is 1.24. The number of piperidine rings is 1. The quantitative estimate of drug-likeness (QED) is 0.775. The number of rotatable bonds is 4. The maximum Gasteiger partial charge on any atom is 0.242 e. The molecule has 4 heteroatoms. The van der Waals surface area contributed by atoms with Gasteiger partial charge in [0.15, 0.2) is 5.78 Å². The summed E-state index contributed by atoms with van der Waals surface area (Å²) in [6.45, 7) is 9.85. The SMILES string of the molecule is CC(=O)c1cc(-c2ccccc2)n(CC(=O)N2CC(C)CC(C)C2)c1C. The summed E-state index contributed by atoms with van der Waals surface area (Å²) < 4.78 is 2.00. The number of Topliss-reactive ketones (excluding diaryl/α,β-unsaturated/α-hetero) is 1. The summed E-state index contributed by atoms with van der Waals surface area (Å²) in [7, 11) is 0. The highest BCUT2D eigenvalue weighted by molar-refractivity contribution is 5.97. The Balaban J connectivity index is 1.93. The van der Waals surface area contributed by atoms with E-state index in [9.17, 15) is 9.59 Å². The molecular formula is C22H28N2O2. The summed E-state index contributed by atoms with van der Waals surface area (Å²) in [5.41, 5.74) is 3.51. The van der Waals surface area contributed by atoms with Crippen molar-refractivity contribution in [3.63, 3.8) is 0 Å². The minimum atomic E-state index is 0.0334. The third kappa shape index (κ3) is 3.74. The predicted octanol–water partition coefficient (Wildman–Crippen LogP) is 4.17. The lowest BCUT2D eigenvalue weighted by molar-refractivity contribution is -0.134. The molecule has 1 fully saturated rings. The van der Waals surface area contributed by atoms with Gasteiger partial charge in [-0.3, -0.25) is 9.59 Å². The van der Waals surface area contributed by atoms with Crippen LogP contribution in [-0.2, 0) is 11.3 Å². The molecule has 4 nitrogen and oxygen atoms in total. The third-order valence-corrected chi connectivity index (χ3v) is 5.33. The van der Waals surface area contributed by atoms with Crippen LogP contribution in [0.5, 0.6) is 0 Å². The number of ketones is 1. The van der Waals surface area contributed by atoms with Crippen LogP contribution < -0.4 is 0 Å². The first-order valence-corrected chi connectivity index (χ1v) is 9.41. The van der Waals surface area contributed by atoms with E-state index in [4.69, 9.17) is 0 Å². The molecule has 0 saturated carbocycles. The predicted molar refractivity (Wildman–Crippen MR) is 104 cm³/mol. The fourth-order valence-electron chi connectivity index (χ4n) is 4.16. The standard InChI is InChI=1S/C22H28N2O2/c1-15-10-16(2)13-23(12-15)22(26)14-24-17(3)20(18(4)25)11-21(24)19-8-6-5-7-9-19/h5-9,11,15-16H,10,12-14H2,1-4H3. The van der Waals surface area contributed by atoms with E-state index in [1.807, 2.05) is 52.8 Å². The second-order valence-corrected chi connectivity index (χ2v) is 7.78. The van der Waals surface area contributed by atoms with Crippen molar-refractivity contribution in [1.29, 1.82) is 0 Å². The molecule has 138 valence electrons. The number of hydrogen-bond acceptors (Lipinski definition) is 2. The van der Waals surface area contributed by atoms with Crippen molar-refractivity contribution < 1.29 is 9.59 Å². The molecule has 1 amide bonds. The highest BCUT2D eigenvalue weighted by atomic mass is 16.2. The van der Waals surface area contributed by atoms with E-state index in [1.54, 1.807) is 6.92 Å². The Morgan fingerprint density at radius 3 is 2.27 bits per heavy atom. The smallest absolute Gasteiger partial charge is 0.242 e. The van der Waals surface area contributed by atoms with Gasteiger partial charge in [-0.25, -0.2) is 0 Å². The Bertz CT molecular complexity index is 797. The molecule has 0 N–H and O–H groups in total. The number of likely N-dealkylation sites (tertiary alicyclic amines) is 1. The molecule has 0 aliphatic carbocycles. The van der Waals surface area contributed by atoms with Crippen molar-refractivity contribution in [2.24, 2.45) is 11.8 Å². The Morgan fingerprint density at radius 1 is 1.08 bits per heavy atom. The molecule has 1 aliphatic rings. The van der Waals surface area contributed by atoms with E-state index < -0.39 is 0 Å². The van der Waals surface area contributed by atoms with Gasteiger partial charge in [-0.1, -0.05) is 44.2 Å². The number of carbonyl (C=O) groups is 2. The van der Waals surface area contributed by atoms with Gasteiger partial charge in [0.25, 0.3) is 0 Å². The third-order valence-electron chi connectivity index (χ3n) is 5.33. The minimum Gasteiger partial charge on any atom is -0.341 e. The van der Waals surface area contributed by atoms with Crippen LogP contribution in [-0.4, -0.2) is 34.2 Å². The monoisotopic (exact) mass is 352 g/mol. The topological polar surface area (TPSA) is 42.3 Å². The Hall–Kier alpha value is -2.36. The molecule has 0 radical (unpaired) electrons. The van der Waals surface area contributed by atoms with Crippen molar-refractivity contribution >= 4 is 11.7 Å². The second-order valence-electron chi connectivity index (χ2n) is 7.78. The summed E-state index contributed by atoms with van der Waals surface area (Å²) in [4.78, 5) is 27.0.